The van der Waals surface area contributed by atoms with Gasteiger partial charge in [0.2, 0.25) is 0 Å². The molecule has 37 heavy (non-hydrogen) atoms. The van der Waals surface area contributed by atoms with Crippen molar-refractivity contribution >= 4 is 35.2 Å². The first-order chi connectivity index (χ1) is 17.7. The molecule has 0 aromatic heterocycles. The Bertz CT molecular complexity index is 716. The van der Waals surface area contributed by atoms with Gasteiger partial charge in [-0.2, -0.15) is 12.6 Å². The minimum atomic E-state index is -0.877. The Balaban J connectivity index is 1.55. The largest absolute Gasteiger partial charge is 0.396 e. The van der Waals surface area contributed by atoms with Crippen LogP contribution in [0, 0.1) is 11.8 Å². The molecular formula is C27H47IO8S. The van der Waals surface area contributed by atoms with Crippen molar-refractivity contribution < 1.29 is 39.4 Å². The van der Waals surface area contributed by atoms with Gasteiger partial charge in [-0.25, -0.2) is 0 Å². The highest BCUT2D eigenvalue weighted by Gasteiger charge is 2.52. The molecule has 0 amide bonds. The number of hydrogen-bond donors (Lipinski definition) is 5. The molecule has 0 aromatic carbocycles. The lowest BCUT2D eigenvalue weighted by molar-refractivity contribution is -0.155. The van der Waals surface area contributed by atoms with Gasteiger partial charge in [-0.05, 0) is 49.3 Å². The first kappa shape index (κ1) is 32.0. The number of thiol groups is 1. The predicted octanol–water partition coefficient (Wildman–Crippen LogP) is 2.67. The van der Waals surface area contributed by atoms with E-state index in [1.165, 1.54) is 0 Å². The van der Waals surface area contributed by atoms with Crippen LogP contribution in [0.5, 0.6) is 0 Å². The molecule has 3 aliphatic rings. The molecule has 8 nitrogen and oxygen atoms in total. The van der Waals surface area contributed by atoms with Crippen LogP contribution in [-0.4, -0.2) is 105 Å². The van der Waals surface area contributed by atoms with Gasteiger partial charge in [0, 0.05) is 43.3 Å². The lowest BCUT2D eigenvalue weighted by Gasteiger charge is -2.42. The van der Waals surface area contributed by atoms with Crippen molar-refractivity contribution in [1.29, 1.82) is 0 Å². The van der Waals surface area contributed by atoms with E-state index < -0.39 is 12.2 Å². The van der Waals surface area contributed by atoms with E-state index in [2.05, 4.69) is 48.7 Å². The Labute approximate surface area is 241 Å². The molecule has 216 valence electrons. The Morgan fingerprint density at radius 2 is 1.89 bits per heavy atom. The van der Waals surface area contributed by atoms with Gasteiger partial charge in [0.05, 0.1) is 55.4 Å². The van der Waals surface area contributed by atoms with Gasteiger partial charge in [-0.1, -0.05) is 36.1 Å². The zero-order valence-corrected chi connectivity index (χ0v) is 25.3. The summed E-state index contributed by atoms with van der Waals surface area (Å²) in [4.78, 5) is 0. The minimum Gasteiger partial charge on any atom is -0.396 e. The van der Waals surface area contributed by atoms with Crippen molar-refractivity contribution in [3.63, 3.8) is 0 Å². The summed E-state index contributed by atoms with van der Waals surface area (Å²) in [6.45, 7) is 6.20. The van der Waals surface area contributed by atoms with Crippen LogP contribution in [0.4, 0.5) is 0 Å². The highest BCUT2D eigenvalue weighted by atomic mass is 127. The van der Waals surface area contributed by atoms with Crippen molar-refractivity contribution in [2.75, 3.05) is 30.5 Å². The van der Waals surface area contributed by atoms with Crippen molar-refractivity contribution in [3.8, 4) is 0 Å². The van der Waals surface area contributed by atoms with E-state index in [0.717, 1.165) is 48.5 Å². The van der Waals surface area contributed by atoms with Crippen LogP contribution >= 0.6 is 35.2 Å². The van der Waals surface area contributed by atoms with Gasteiger partial charge in [-0.3, -0.25) is 0 Å². The molecule has 0 aromatic rings. The maximum atomic E-state index is 11.1. The lowest BCUT2D eigenvalue weighted by atomic mass is 9.83. The molecule has 3 aliphatic heterocycles. The molecule has 11 atom stereocenters. The fraction of sp³-hybridized carbons (Fsp3) is 0.926. The van der Waals surface area contributed by atoms with Crippen LogP contribution in [0.1, 0.15) is 58.3 Å². The third kappa shape index (κ3) is 7.83. The second-order valence-electron chi connectivity index (χ2n) is 11.1. The predicted molar refractivity (Wildman–Crippen MR) is 153 cm³/mol. The maximum Gasteiger partial charge on any atom is 0.106 e. The number of methoxy groups -OCH3 is 1. The summed E-state index contributed by atoms with van der Waals surface area (Å²) >= 11 is 6.91. The van der Waals surface area contributed by atoms with E-state index in [-0.39, 0.29) is 73.7 Å². The fourth-order valence-electron chi connectivity index (χ4n) is 6.38. The number of rotatable bonds is 15. The second kappa shape index (κ2) is 14.9. The molecule has 3 rings (SSSR count). The minimum absolute atomic E-state index is 0.0368. The third-order valence-electron chi connectivity index (χ3n) is 8.53. The number of fused-ring (bicyclic) bond motifs is 1. The number of ether oxygens (including phenoxy) is 4. The van der Waals surface area contributed by atoms with Gasteiger partial charge >= 0.3 is 0 Å². The van der Waals surface area contributed by atoms with E-state index in [4.69, 9.17) is 18.9 Å². The summed E-state index contributed by atoms with van der Waals surface area (Å²) in [5.74, 6) is 0.558. The van der Waals surface area contributed by atoms with Gasteiger partial charge in [0.1, 0.15) is 5.60 Å². The summed E-state index contributed by atoms with van der Waals surface area (Å²) < 4.78 is 25.7. The van der Waals surface area contributed by atoms with Crippen LogP contribution < -0.4 is 0 Å². The molecule has 10 heteroatoms. The zero-order chi connectivity index (χ0) is 27.2. The fourth-order valence-corrected chi connectivity index (χ4v) is 7.80. The zero-order valence-electron chi connectivity index (χ0n) is 22.2. The molecule has 3 saturated heterocycles. The van der Waals surface area contributed by atoms with Crippen LogP contribution in [0.2, 0.25) is 0 Å². The van der Waals surface area contributed by atoms with Crippen LogP contribution in [-0.2, 0) is 18.9 Å². The third-order valence-corrected chi connectivity index (χ3v) is 10.2. The van der Waals surface area contributed by atoms with Crippen LogP contribution in [0.15, 0.2) is 12.2 Å². The van der Waals surface area contributed by atoms with Gasteiger partial charge in [0.15, 0.2) is 0 Å². The number of halogens is 1. The Morgan fingerprint density at radius 3 is 2.51 bits per heavy atom. The van der Waals surface area contributed by atoms with E-state index in [0.29, 0.717) is 12.2 Å². The second-order valence-corrected chi connectivity index (χ2v) is 12.3. The number of alkyl halides is 1. The van der Waals surface area contributed by atoms with E-state index in [9.17, 15) is 20.4 Å². The average molecular weight is 659 g/mol. The standard InChI is InChI=1S/C27H47IO8S/c1-16(9-19-6-7-25-27(15-28,36-19)12-20(34-25)5-4-8-29)17(2)22(32)11-23-21(14-37)26(33-3)24(35-23)10-18(31)13-30/h16,18-26,29-32,37H,2,4-15H2,1,3H3/t16?,18?,19?,20?,21?,22-,23+,24-,25?,26-,27?/m1/s1. The van der Waals surface area contributed by atoms with Crippen molar-refractivity contribution in [1.82, 2.24) is 0 Å². The summed E-state index contributed by atoms with van der Waals surface area (Å²) in [5.41, 5.74) is 0.497. The lowest BCUT2D eigenvalue weighted by Crippen LogP contribution is -2.50. The van der Waals surface area contributed by atoms with Crippen molar-refractivity contribution in [2.45, 2.75) is 113 Å². The number of hydrogen-bond acceptors (Lipinski definition) is 9. The SMILES string of the molecule is C=C(C(C)CC1CCC2OC(CCCO)CC2(CI)O1)[C@H](O)C[C@@H]1O[C@H](CC(O)CO)[C@H](OC)C1CS. The molecule has 4 N–H and O–H groups in total. The molecule has 0 spiro atoms. The van der Waals surface area contributed by atoms with Crippen LogP contribution in [0.3, 0.4) is 0 Å². The van der Waals surface area contributed by atoms with Crippen molar-refractivity contribution in [3.05, 3.63) is 12.2 Å². The highest BCUT2D eigenvalue weighted by Crippen LogP contribution is 2.45. The smallest absolute Gasteiger partial charge is 0.106 e. The highest BCUT2D eigenvalue weighted by molar-refractivity contribution is 14.1. The topological polar surface area (TPSA) is 118 Å². The number of aliphatic hydroxyl groups is 4. The van der Waals surface area contributed by atoms with E-state index >= 15 is 0 Å². The summed E-state index contributed by atoms with van der Waals surface area (Å²) in [6.07, 6.45) is 3.61. The summed E-state index contributed by atoms with van der Waals surface area (Å²) in [5, 5.41) is 39.5. The van der Waals surface area contributed by atoms with Crippen molar-refractivity contribution in [2.24, 2.45) is 11.8 Å². The first-order valence-corrected chi connectivity index (χ1v) is 15.8. The molecule has 3 fully saturated rings. The monoisotopic (exact) mass is 658 g/mol. The Morgan fingerprint density at radius 1 is 1.14 bits per heavy atom. The Kier molecular flexibility index (Phi) is 12.9. The van der Waals surface area contributed by atoms with Crippen LogP contribution in [0.25, 0.3) is 0 Å². The summed E-state index contributed by atoms with van der Waals surface area (Å²) in [6, 6.07) is 0. The maximum absolute atomic E-state index is 11.1. The van der Waals surface area contributed by atoms with Gasteiger partial charge in [0.25, 0.3) is 0 Å². The van der Waals surface area contributed by atoms with Gasteiger partial charge < -0.3 is 39.4 Å². The molecule has 3 heterocycles. The molecular weight excluding hydrogens is 611 g/mol. The molecule has 0 bridgehead atoms. The first-order valence-electron chi connectivity index (χ1n) is 13.7. The van der Waals surface area contributed by atoms with E-state index in [1.807, 2.05) is 0 Å². The molecule has 7 unspecified atom stereocenters. The normalized spacial score (nSPS) is 38.3. The average Bonchev–Trinajstić information content (AvgIpc) is 3.43. The summed E-state index contributed by atoms with van der Waals surface area (Å²) in [7, 11) is 1.62. The van der Waals surface area contributed by atoms with Gasteiger partial charge in [-0.15, -0.1) is 0 Å². The molecule has 0 radical (unpaired) electrons. The Hall–Kier alpha value is 0.500. The number of aliphatic hydroxyl groups excluding tert-OH is 4. The quantitative estimate of drug-likeness (QED) is 0.0790. The molecule has 0 saturated carbocycles. The molecule has 0 aliphatic carbocycles. The van der Waals surface area contributed by atoms with E-state index in [1.54, 1.807) is 7.11 Å².